The van der Waals surface area contributed by atoms with Gasteiger partial charge in [0.25, 0.3) is 0 Å². The predicted molar refractivity (Wildman–Crippen MR) is 56.5 cm³/mol. The van der Waals surface area contributed by atoms with Crippen molar-refractivity contribution in [2.75, 3.05) is 21.3 Å². The first-order chi connectivity index (χ1) is 7.19. The van der Waals surface area contributed by atoms with E-state index in [1.165, 1.54) is 27.4 Å². The fourth-order valence-corrected chi connectivity index (χ4v) is 1.54. The normalized spacial score (nSPS) is 9.60. The minimum Gasteiger partial charge on any atom is -0.495 e. The van der Waals surface area contributed by atoms with Crippen LogP contribution in [0, 0.1) is 0 Å². The third-order valence-electron chi connectivity index (χ3n) is 1.93. The molecule has 1 aromatic carbocycles. The van der Waals surface area contributed by atoms with Gasteiger partial charge in [0.2, 0.25) is 0 Å². The molecule has 0 fully saturated rings. The Bertz CT molecular complexity index is 376. The molecule has 0 unspecified atom stereocenters. The second-order valence-corrected chi connectivity index (χ2v) is 3.04. The van der Waals surface area contributed by atoms with Gasteiger partial charge in [-0.2, -0.15) is 0 Å². The van der Waals surface area contributed by atoms with Crippen molar-refractivity contribution in [1.29, 1.82) is 0 Å². The van der Waals surface area contributed by atoms with Gasteiger partial charge < -0.3 is 14.2 Å². The molecule has 0 spiro atoms. The van der Waals surface area contributed by atoms with Crippen LogP contribution in [0.5, 0.6) is 17.2 Å². The number of aldehydes is 1. The highest BCUT2D eigenvalue weighted by Gasteiger charge is 2.18. The average molecular weight is 231 g/mol. The largest absolute Gasteiger partial charge is 0.495 e. The van der Waals surface area contributed by atoms with E-state index in [1.54, 1.807) is 0 Å². The average Bonchev–Trinajstić information content (AvgIpc) is 2.28. The highest BCUT2D eigenvalue weighted by atomic mass is 35.5. The summed E-state index contributed by atoms with van der Waals surface area (Å²) in [5.41, 5.74) is 0.329. The van der Waals surface area contributed by atoms with Crippen molar-refractivity contribution < 1.29 is 19.0 Å². The van der Waals surface area contributed by atoms with Gasteiger partial charge in [0.05, 0.1) is 26.9 Å². The Labute approximate surface area is 92.7 Å². The van der Waals surface area contributed by atoms with Crippen LogP contribution in [0.4, 0.5) is 0 Å². The zero-order chi connectivity index (χ0) is 11.4. The summed E-state index contributed by atoms with van der Waals surface area (Å²) in [6.07, 6.45) is 0.653. The van der Waals surface area contributed by atoms with Crippen molar-refractivity contribution in [3.8, 4) is 17.2 Å². The Morgan fingerprint density at radius 1 is 1.13 bits per heavy atom. The lowest BCUT2D eigenvalue weighted by molar-refractivity contribution is 0.111. The summed E-state index contributed by atoms with van der Waals surface area (Å²) < 4.78 is 15.1. The van der Waals surface area contributed by atoms with Gasteiger partial charge in [-0.25, -0.2) is 0 Å². The standard InChI is InChI=1S/C10H11ClO4/c1-13-7-4-6(5-12)9(14-2)10(15-3)8(7)11/h4-5H,1-3H3. The van der Waals surface area contributed by atoms with Crippen molar-refractivity contribution in [2.45, 2.75) is 0 Å². The number of methoxy groups -OCH3 is 3. The molecule has 0 bridgehead atoms. The number of hydrogen-bond donors (Lipinski definition) is 0. The maximum atomic E-state index is 10.8. The fourth-order valence-electron chi connectivity index (χ4n) is 1.24. The van der Waals surface area contributed by atoms with Crippen molar-refractivity contribution >= 4 is 17.9 Å². The van der Waals surface area contributed by atoms with Gasteiger partial charge in [0.1, 0.15) is 10.8 Å². The SMILES string of the molecule is COc1cc(C=O)c(OC)c(OC)c1Cl. The molecule has 1 rings (SSSR count). The summed E-state index contributed by atoms with van der Waals surface area (Å²) in [6.45, 7) is 0. The maximum Gasteiger partial charge on any atom is 0.183 e. The summed E-state index contributed by atoms with van der Waals surface area (Å²) in [5.74, 6) is 0.968. The third kappa shape index (κ3) is 1.99. The van der Waals surface area contributed by atoms with Crippen LogP contribution in [0.2, 0.25) is 5.02 Å². The topological polar surface area (TPSA) is 44.8 Å². The van der Waals surface area contributed by atoms with Crippen LogP contribution < -0.4 is 14.2 Å². The van der Waals surface area contributed by atoms with Crippen LogP contribution in [0.1, 0.15) is 10.4 Å². The van der Waals surface area contributed by atoms with E-state index in [0.717, 1.165) is 0 Å². The molecule has 0 saturated carbocycles. The van der Waals surface area contributed by atoms with Crippen LogP contribution in [0.3, 0.4) is 0 Å². The molecule has 0 aliphatic rings. The lowest BCUT2D eigenvalue weighted by Crippen LogP contribution is -1.98. The molecule has 0 amide bonds. The molecular formula is C10H11ClO4. The second-order valence-electron chi connectivity index (χ2n) is 2.67. The van der Waals surface area contributed by atoms with E-state index in [0.29, 0.717) is 29.1 Å². The Balaban J connectivity index is 3.49. The number of benzene rings is 1. The van der Waals surface area contributed by atoms with E-state index < -0.39 is 0 Å². The Hall–Kier alpha value is -1.42. The van der Waals surface area contributed by atoms with Gasteiger partial charge in [-0.05, 0) is 6.07 Å². The molecule has 0 heterocycles. The maximum absolute atomic E-state index is 10.8. The number of hydrogen-bond acceptors (Lipinski definition) is 4. The van der Waals surface area contributed by atoms with Crippen LogP contribution in [0.15, 0.2) is 6.07 Å². The molecule has 82 valence electrons. The lowest BCUT2D eigenvalue weighted by atomic mass is 10.2. The molecule has 5 heteroatoms. The van der Waals surface area contributed by atoms with Crippen LogP contribution in [-0.4, -0.2) is 27.6 Å². The number of rotatable bonds is 4. The molecule has 0 aliphatic carbocycles. The zero-order valence-electron chi connectivity index (χ0n) is 8.67. The van der Waals surface area contributed by atoms with Gasteiger partial charge in [0, 0.05) is 0 Å². The highest BCUT2D eigenvalue weighted by Crippen LogP contribution is 2.43. The number of carbonyl (C=O) groups is 1. The monoisotopic (exact) mass is 230 g/mol. The van der Waals surface area contributed by atoms with E-state index in [2.05, 4.69) is 0 Å². The molecular weight excluding hydrogens is 220 g/mol. The summed E-state index contributed by atoms with van der Waals surface area (Å²) in [6, 6.07) is 1.50. The molecule has 0 aliphatic heterocycles. The first-order valence-electron chi connectivity index (χ1n) is 4.13. The van der Waals surface area contributed by atoms with E-state index >= 15 is 0 Å². The second kappa shape index (κ2) is 4.89. The fraction of sp³-hybridized carbons (Fsp3) is 0.300. The van der Waals surface area contributed by atoms with Gasteiger partial charge in [0.15, 0.2) is 17.8 Å². The van der Waals surface area contributed by atoms with Gasteiger partial charge in [-0.1, -0.05) is 11.6 Å². The molecule has 4 nitrogen and oxygen atoms in total. The Morgan fingerprint density at radius 3 is 2.13 bits per heavy atom. The first kappa shape index (κ1) is 11.7. The first-order valence-corrected chi connectivity index (χ1v) is 4.51. The van der Waals surface area contributed by atoms with Crippen molar-refractivity contribution in [3.63, 3.8) is 0 Å². The van der Waals surface area contributed by atoms with Gasteiger partial charge >= 0.3 is 0 Å². The predicted octanol–water partition coefficient (Wildman–Crippen LogP) is 2.18. The Morgan fingerprint density at radius 2 is 1.73 bits per heavy atom. The molecule has 0 atom stereocenters. The number of halogens is 1. The molecule has 15 heavy (non-hydrogen) atoms. The molecule has 0 aromatic heterocycles. The highest BCUT2D eigenvalue weighted by molar-refractivity contribution is 6.34. The van der Waals surface area contributed by atoms with Crippen LogP contribution in [-0.2, 0) is 0 Å². The van der Waals surface area contributed by atoms with Gasteiger partial charge in [-0.15, -0.1) is 0 Å². The third-order valence-corrected chi connectivity index (χ3v) is 2.28. The lowest BCUT2D eigenvalue weighted by Gasteiger charge is -2.13. The van der Waals surface area contributed by atoms with Crippen LogP contribution in [0.25, 0.3) is 0 Å². The molecule has 0 N–H and O–H groups in total. The van der Waals surface area contributed by atoms with Crippen molar-refractivity contribution in [3.05, 3.63) is 16.7 Å². The number of carbonyl (C=O) groups excluding carboxylic acids is 1. The molecule has 0 saturated heterocycles. The van der Waals surface area contributed by atoms with Gasteiger partial charge in [-0.3, -0.25) is 4.79 Å². The minimum atomic E-state index is 0.280. The quantitative estimate of drug-likeness (QED) is 0.744. The summed E-state index contributed by atoms with van der Waals surface area (Å²) in [5, 5.41) is 0.280. The van der Waals surface area contributed by atoms with Crippen molar-refractivity contribution in [1.82, 2.24) is 0 Å². The minimum absolute atomic E-state index is 0.280. The van der Waals surface area contributed by atoms with Crippen LogP contribution >= 0.6 is 11.6 Å². The summed E-state index contributed by atoms with van der Waals surface area (Å²) >= 11 is 5.98. The summed E-state index contributed by atoms with van der Waals surface area (Å²) in [7, 11) is 4.34. The van der Waals surface area contributed by atoms with E-state index in [4.69, 9.17) is 25.8 Å². The van der Waals surface area contributed by atoms with Crippen molar-refractivity contribution in [2.24, 2.45) is 0 Å². The van der Waals surface area contributed by atoms with E-state index in [-0.39, 0.29) is 5.02 Å². The number of ether oxygens (including phenoxy) is 3. The Kier molecular flexibility index (Phi) is 3.80. The zero-order valence-corrected chi connectivity index (χ0v) is 9.42. The molecule has 1 aromatic rings. The van der Waals surface area contributed by atoms with E-state index in [1.807, 2.05) is 0 Å². The molecule has 0 radical (unpaired) electrons. The summed E-state index contributed by atoms with van der Waals surface area (Å²) in [4.78, 5) is 10.8. The smallest absolute Gasteiger partial charge is 0.183 e. The van der Waals surface area contributed by atoms with E-state index in [9.17, 15) is 4.79 Å².